The summed E-state index contributed by atoms with van der Waals surface area (Å²) in [5.74, 6) is 0.312. The summed E-state index contributed by atoms with van der Waals surface area (Å²) >= 11 is 0. The van der Waals surface area contributed by atoms with Crippen molar-refractivity contribution in [2.75, 3.05) is 44.6 Å². The van der Waals surface area contributed by atoms with Crippen molar-refractivity contribution in [3.8, 4) is 0 Å². The molecular weight excluding hydrogens is 294 g/mol. The van der Waals surface area contributed by atoms with E-state index in [9.17, 15) is 4.79 Å². The number of aromatic nitrogens is 2. The molecule has 0 unspecified atom stereocenters. The Hall–Kier alpha value is -2.67. The highest BCUT2D eigenvalue weighted by molar-refractivity contribution is 5.92. The molecule has 0 spiro atoms. The van der Waals surface area contributed by atoms with Gasteiger partial charge in [-0.1, -0.05) is 0 Å². The van der Waals surface area contributed by atoms with Gasteiger partial charge in [-0.3, -0.25) is 4.79 Å². The van der Waals surface area contributed by atoms with E-state index >= 15 is 0 Å². The SMILES string of the molecule is COCCNC(=O)c1cnc(Nc2ccc(N(C)C)cc2)cn1. The van der Waals surface area contributed by atoms with E-state index in [0.29, 0.717) is 19.0 Å². The van der Waals surface area contributed by atoms with E-state index < -0.39 is 0 Å². The average Bonchev–Trinajstić information content (AvgIpc) is 2.56. The third-order valence-corrected chi connectivity index (χ3v) is 3.13. The van der Waals surface area contributed by atoms with Crippen molar-refractivity contribution < 1.29 is 9.53 Å². The van der Waals surface area contributed by atoms with Crippen molar-refractivity contribution in [1.82, 2.24) is 15.3 Å². The predicted molar refractivity (Wildman–Crippen MR) is 90.3 cm³/mol. The van der Waals surface area contributed by atoms with Crippen molar-refractivity contribution >= 4 is 23.1 Å². The molecule has 0 fully saturated rings. The largest absolute Gasteiger partial charge is 0.383 e. The Kier molecular flexibility index (Phi) is 5.87. The van der Waals surface area contributed by atoms with Crippen molar-refractivity contribution in [3.63, 3.8) is 0 Å². The van der Waals surface area contributed by atoms with Crippen LogP contribution in [-0.2, 0) is 4.74 Å². The van der Waals surface area contributed by atoms with Crippen molar-refractivity contribution in [3.05, 3.63) is 42.4 Å². The number of hydrogen-bond acceptors (Lipinski definition) is 6. The highest BCUT2D eigenvalue weighted by Gasteiger charge is 2.07. The molecule has 7 nitrogen and oxygen atoms in total. The van der Waals surface area contributed by atoms with Gasteiger partial charge < -0.3 is 20.3 Å². The first-order valence-electron chi connectivity index (χ1n) is 7.23. The van der Waals surface area contributed by atoms with E-state index in [0.717, 1.165) is 11.4 Å². The Morgan fingerprint density at radius 3 is 2.48 bits per heavy atom. The second-order valence-corrected chi connectivity index (χ2v) is 5.10. The van der Waals surface area contributed by atoms with Gasteiger partial charge in [0, 0.05) is 39.1 Å². The number of amides is 1. The average molecular weight is 315 g/mol. The molecule has 1 heterocycles. The van der Waals surface area contributed by atoms with E-state index in [1.54, 1.807) is 7.11 Å². The van der Waals surface area contributed by atoms with Crippen molar-refractivity contribution in [2.45, 2.75) is 0 Å². The van der Waals surface area contributed by atoms with Gasteiger partial charge in [-0.05, 0) is 24.3 Å². The molecule has 0 aliphatic carbocycles. The van der Waals surface area contributed by atoms with E-state index in [1.807, 2.05) is 43.3 Å². The fraction of sp³-hybridized carbons (Fsp3) is 0.312. The van der Waals surface area contributed by atoms with E-state index in [4.69, 9.17) is 4.74 Å². The van der Waals surface area contributed by atoms with Gasteiger partial charge in [0.05, 0.1) is 19.0 Å². The summed E-state index contributed by atoms with van der Waals surface area (Å²) in [6, 6.07) is 7.94. The summed E-state index contributed by atoms with van der Waals surface area (Å²) < 4.78 is 4.87. The lowest BCUT2D eigenvalue weighted by atomic mass is 10.2. The fourth-order valence-corrected chi connectivity index (χ4v) is 1.86. The molecule has 7 heteroatoms. The third kappa shape index (κ3) is 4.93. The van der Waals surface area contributed by atoms with Crippen LogP contribution in [0.25, 0.3) is 0 Å². The summed E-state index contributed by atoms with van der Waals surface area (Å²) in [4.78, 5) is 22.1. The third-order valence-electron chi connectivity index (χ3n) is 3.13. The van der Waals surface area contributed by atoms with Gasteiger partial charge in [0.1, 0.15) is 11.5 Å². The smallest absolute Gasteiger partial charge is 0.271 e. The zero-order chi connectivity index (χ0) is 16.7. The second kappa shape index (κ2) is 8.09. The highest BCUT2D eigenvalue weighted by atomic mass is 16.5. The molecule has 0 atom stereocenters. The Morgan fingerprint density at radius 1 is 1.17 bits per heavy atom. The molecule has 2 N–H and O–H groups in total. The molecular formula is C16H21N5O2. The molecule has 0 saturated carbocycles. The summed E-state index contributed by atoms with van der Waals surface area (Å²) in [6.07, 6.45) is 2.98. The summed E-state index contributed by atoms with van der Waals surface area (Å²) in [5.41, 5.74) is 2.29. The van der Waals surface area contributed by atoms with Crippen LogP contribution >= 0.6 is 0 Å². The number of methoxy groups -OCH3 is 1. The number of benzene rings is 1. The quantitative estimate of drug-likeness (QED) is 0.757. The maximum atomic E-state index is 11.8. The molecule has 23 heavy (non-hydrogen) atoms. The van der Waals surface area contributed by atoms with Crippen LogP contribution < -0.4 is 15.5 Å². The van der Waals surface area contributed by atoms with Gasteiger partial charge >= 0.3 is 0 Å². The molecule has 0 radical (unpaired) electrons. The fourth-order valence-electron chi connectivity index (χ4n) is 1.86. The van der Waals surface area contributed by atoms with Gasteiger partial charge in [0.25, 0.3) is 5.91 Å². The zero-order valence-corrected chi connectivity index (χ0v) is 13.5. The summed E-state index contributed by atoms with van der Waals surface area (Å²) in [5, 5.41) is 5.84. The Morgan fingerprint density at radius 2 is 1.91 bits per heavy atom. The number of nitrogens with one attached hydrogen (secondary N) is 2. The van der Waals surface area contributed by atoms with Crippen LogP contribution in [0.5, 0.6) is 0 Å². The molecule has 0 saturated heterocycles. The van der Waals surface area contributed by atoms with Crippen LogP contribution in [0, 0.1) is 0 Å². The monoisotopic (exact) mass is 315 g/mol. The molecule has 1 amide bonds. The van der Waals surface area contributed by atoms with E-state index in [-0.39, 0.29) is 11.6 Å². The van der Waals surface area contributed by atoms with Crippen molar-refractivity contribution in [2.24, 2.45) is 0 Å². The predicted octanol–water partition coefficient (Wildman–Crippen LogP) is 1.66. The maximum Gasteiger partial charge on any atom is 0.271 e. The molecule has 1 aromatic carbocycles. The first kappa shape index (κ1) is 16.7. The van der Waals surface area contributed by atoms with E-state index in [1.165, 1.54) is 12.4 Å². The van der Waals surface area contributed by atoms with Crippen molar-refractivity contribution in [1.29, 1.82) is 0 Å². The number of hydrogen-bond donors (Lipinski definition) is 2. The normalized spacial score (nSPS) is 10.2. The van der Waals surface area contributed by atoms with Crippen LogP contribution in [0.4, 0.5) is 17.2 Å². The first-order valence-corrected chi connectivity index (χ1v) is 7.23. The molecule has 1 aromatic heterocycles. The van der Waals surface area contributed by atoms with Gasteiger partial charge in [0.2, 0.25) is 0 Å². The minimum Gasteiger partial charge on any atom is -0.383 e. The maximum absolute atomic E-state index is 11.8. The molecule has 0 bridgehead atoms. The molecule has 0 aliphatic rings. The van der Waals surface area contributed by atoms with Crippen LogP contribution in [0.1, 0.15) is 10.5 Å². The molecule has 122 valence electrons. The van der Waals surface area contributed by atoms with Crippen LogP contribution in [0.2, 0.25) is 0 Å². The van der Waals surface area contributed by atoms with Gasteiger partial charge in [-0.25, -0.2) is 9.97 Å². The Balaban J connectivity index is 1.95. The van der Waals surface area contributed by atoms with E-state index in [2.05, 4.69) is 20.6 Å². The number of carbonyl (C=O) groups is 1. The topological polar surface area (TPSA) is 79.4 Å². The van der Waals surface area contributed by atoms with Crippen LogP contribution in [-0.4, -0.2) is 50.2 Å². The summed E-state index contributed by atoms with van der Waals surface area (Å²) in [7, 11) is 5.56. The molecule has 2 rings (SSSR count). The number of ether oxygens (including phenoxy) is 1. The lowest BCUT2D eigenvalue weighted by Gasteiger charge is -2.13. The minimum absolute atomic E-state index is 0.267. The number of nitrogens with zero attached hydrogens (tertiary/aromatic N) is 3. The number of rotatable bonds is 7. The Bertz CT molecular complexity index is 626. The second-order valence-electron chi connectivity index (χ2n) is 5.10. The van der Waals surface area contributed by atoms with Gasteiger partial charge in [-0.15, -0.1) is 0 Å². The van der Waals surface area contributed by atoms with Crippen LogP contribution in [0.15, 0.2) is 36.7 Å². The minimum atomic E-state index is -0.267. The number of anilines is 3. The van der Waals surface area contributed by atoms with Gasteiger partial charge in [-0.2, -0.15) is 0 Å². The van der Waals surface area contributed by atoms with Crippen LogP contribution in [0.3, 0.4) is 0 Å². The number of carbonyl (C=O) groups excluding carboxylic acids is 1. The standard InChI is InChI=1S/C16H21N5O2/c1-21(2)13-6-4-12(5-7-13)20-15-11-18-14(10-19-15)16(22)17-8-9-23-3/h4-7,10-11H,8-9H2,1-3H3,(H,17,22)(H,19,20). The first-order chi connectivity index (χ1) is 11.1. The molecule has 2 aromatic rings. The molecule has 0 aliphatic heterocycles. The lowest BCUT2D eigenvalue weighted by Crippen LogP contribution is -2.27. The highest BCUT2D eigenvalue weighted by Crippen LogP contribution is 2.18. The zero-order valence-electron chi connectivity index (χ0n) is 13.5. The van der Waals surface area contributed by atoms with Gasteiger partial charge in [0.15, 0.2) is 0 Å². The lowest BCUT2D eigenvalue weighted by molar-refractivity contribution is 0.0932. The Labute approximate surface area is 135 Å². The summed E-state index contributed by atoms with van der Waals surface area (Å²) in [6.45, 7) is 0.900.